The second-order valence-electron chi connectivity index (χ2n) is 7.88. The van der Waals surface area contributed by atoms with Gasteiger partial charge in [0, 0.05) is 28.3 Å². The Morgan fingerprint density at radius 3 is 2.43 bits per heavy atom. The lowest BCUT2D eigenvalue weighted by Crippen LogP contribution is -2.29. The molecule has 2 aromatic rings. The fourth-order valence-corrected chi connectivity index (χ4v) is 4.66. The van der Waals surface area contributed by atoms with Gasteiger partial charge in [0.25, 0.3) is 0 Å². The van der Waals surface area contributed by atoms with Gasteiger partial charge in [-0.15, -0.1) is 0 Å². The summed E-state index contributed by atoms with van der Waals surface area (Å²) in [6, 6.07) is 10.5. The van der Waals surface area contributed by atoms with E-state index in [1.807, 2.05) is 12.1 Å². The number of carbonyl (C=O) groups excluding carboxylic acids is 3. The predicted octanol–water partition coefficient (Wildman–Crippen LogP) is 4.03. The smallest absolute Gasteiger partial charge is 0.343 e. The van der Waals surface area contributed by atoms with Crippen LogP contribution < -0.4 is 14.8 Å². The summed E-state index contributed by atoms with van der Waals surface area (Å²) in [5, 5.41) is 3.39. The highest BCUT2D eigenvalue weighted by molar-refractivity contribution is 6.32. The van der Waals surface area contributed by atoms with Gasteiger partial charge in [-0.3, -0.25) is 4.79 Å². The van der Waals surface area contributed by atoms with Gasteiger partial charge < -0.3 is 24.3 Å². The summed E-state index contributed by atoms with van der Waals surface area (Å²) in [4.78, 5) is 38.0. The van der Waals surface area contributed by atoms with Crippen molar-refractivity contribution in [3.8, 4) is 11.5 Å². The van der Waals surface area contributed by atoms with Crippen molar-refractivity contribution in [2.75, 3.05) is 27.4 Å². The van der Waals surface area contributed by atoms with Crippen LogP contribution in [0.4, 0.5) is 0 Å². The summed E-state index contributed by atoms with van der Waals surface area (Å²) >= 11 is 6.58. The Morgan fingerprint density at radius 1 is 1.06 bits per heavy atom. The Labute approximate surface area is 207 Å². The van der Waals surface area contributed by atoms with Gasteiger partial charge in [-0.05, 0) is 31.5 Å². The zero-order valence-electron chi connectivity index (χ0n) is 19.7. The monoisotopic (exact) mass is 497 g/mol. The highest BCUT2D eigenvalue weighted by Gasteiger charge is 2.43. The van der Waals surface area contributed by atoms with Crippen LogP contribution in [-0.4, -0.2) is 45.2 Å². The lowest BCUT2D eigenvalue weighted by Gasteiger charge is -2.29. The summed E-state index contributed by atoms with van der Waals surface area (Å²) in [5.74, 6) is -1.69. The van der Waals surface area contributed by atoms with Crippen LogP contribution in [-0.2, 0) is 19.1 Å². The minimum Gasteiger partial charge on any atom is -0.490 e. The van der Waals surface area contributed by atoms with Crippen molar-refractivity contribution in [3.05, 3.63) is 75.0 Å². The molecule has 0 radical (unpaired) electrons. The van der Waals surface area contributed by atoms with Crippen LogP contribution in [0.5, 0.6) is 11.5 Å². The van der Waals surface area contributed by atoms with E-state index in [4.69, 9.17) is 25.8 Å². The molecule has 1 heterocycles. The largest absolute Gasteiger partial charge is 0.490 e. The first-order valence-corrected chi connectivity index (χ1v) is 11.3. The molecule has 1 N–H and O–H groups in total. The van der Waals surface area contributed by atoms with E-state index in [9.17, 15) is 14.4 Å². The SMILES string of the molecule is CCOc1cc([C@H]2C(C(=O)OC)=C(C)NC3=C2C(=O)c2ccccc23)cc(Cl)c1OCC(=O)OC. The normalized spacial score (nSPS) is 16.4. The molecule has 0 amide bonds. The number of methoxy groups -OCH3 is 2. The quantitative estimate of drug-likeness (QED) is 0.572. The van der Waals surface area contributed by atoms with E-state index in [0.29, 0.717) is 28.1 Å². The molecule has 9 heteroatoms. The molecule has 2 aliphatic rings. The van der Waals surface area contributed by atoms with Crippen LogP contribution in [0.15, 0.2) is 53.2 Å². The lowest BCUT2D eigenvalue weighted by molar-refractivity contribution is -0.143. The van der Waals surface area contributed by atoms with E-state index < -0.39 is 17.9 Å². The Balaban J connectivity index is 1.89. The number of benzene rings is 2. The number of hydrogen-bond acceptors (Lipinski definition) is 8. The van der Waals surface area contributed by atoms with Gasteiger partial charge in [-0.25, -0.2) is 9.59 Å². The molecule has 4 rings (SSSR count). The Kier molecular flexibility index (Phi) is 6.84. The third-order valence-electron chi connectivity index (χ3n) is 5.88. The van der Waals surface area contributed by atoms with E-state index >= 15 is 0 Å². The number of Topliss-reactive ketones (excluding diaryl/α,β-unsaturated/α-hetero) is 1. The molecule has 2 aromatic carbocycles. The molecular weight excluding hydrogens is 474 g/mol. The number of fused-ring (bicyclic) bond motifs is 2. The molecule has 1 aliphatic heterocycles. The van der Waals surface area contributed by atoms with E-state index in [0.717, 1.165) is 5.56 Å². The fourth-order valence-electron chi connectivity index (χ4n) is 4.39. The molecule has 0 fully saturated rings. The standard InChI is InChI=1S/C26H24ClNO7/c1-5-34-18-11-14(10-17(27)25(18)35-12-19(29)32-3)21-20(26(31)33-4)13(2)28-23-15-8-6-7-9-16(15)24(30)22(21)23/h6-11,21,28H,5,12H2,1-4H3/t21-/m0/s1. The van der Waals surface area contributed by atoms with Crippen LogP contribution in [0.25, 0.3) is 5.70 Å². The average Bonchev–Trinajstić information content (AvgIpc) is 3.13. The Morgan fingerprint density at radius 2 is 1.77 bits per heavy atom. The van der Waals surface area contributed by atoms with E-state index in [1.54, 1.807) is 38.1 Å². The first kappa shape index (κ1) is 24.3. The third kappa shape index (κ3) is 4.25. The summed E-state index contributed by atoms with van der Waals surface area (Å²) in [5.41, 5.74) is 3.75. The zero-order valence-corrected chi connectivity index (χ0v) is 20.4. The third-order valence-corrected chi connectivity index (χ3v) is 6.16. The summed E-state index contributed by atoms with van der Waals surface area (Å²) < 4.78 is 21.0. The number of hydrogen-bond donors (Lipinski definition) is 1. The number of allylic oxidation sites excluding steroid dienone is 2. The molecule has 182 valence electrons. The van der Waals surface area contributed by atoms with Gasteiger partial charge in [0.2, 0.25) is 0 Å². The van der Waals surface area contributed by atoms with E-state index in [-0.39, 0.29) is 41.1 Å². The second kappa shape index (κ2) is 9.84. The van der Waals surface area contributed by atoms with Gasteiger partial charge in [0.05, 0.1) is 37.1 Å². The maximum absolute atomic E-state index is 13.5. The molecule has 1 atom stereocenters. The van der Waals surface area contributed by atoms with E-state index in [1.165, 1.54) is 14.2 Å². The van der Waals surface area contributed by atoms with Crippen LogP contribution in [0.3, 0.4) is 0 Å². The molecule has 0 saturated carbocycles. The topological polar surface area (TPSA) is 100 Å². The first-order chi connectivity index (χ1) is 16.8. The van der Waals surface area contributed by atoms with Crippen LogP contribution in [0, 0.1) is 0 Å². The second-order valence-corrected chi connectivity index (χ2v) is 8.29. The van der Waals surface area contributed by atoms with Gasteiger partial charge in [0.15, 0.2) is 23.9 Å². The van der Waals surface area contributed by atoms with Crippen molar-refractivity contribution in [1.29, 1.82) is 0 Å². The number of rotatable bonds is 7. The van der Waals surface area contributed by atoms with Gasteiger partial charge in [-0.1, -0.05) is 35.9 Å². The Bertz CT molecular complexity index is 1290. The summed E-state index contributed by atoms with van der Waals surface area (Å²) in [6.07, 6.45) is 0. The average molecular weight is 498 g/mol. The summed E-state index contributed by atoms with van der Waals surface area (Å²) in [7, 11) is 2.54. The number of esters is 2. The highest BCUT2D eigenvalue weighted by atomic mass is 35.5. The molecule has 35 heavy (non-hydrogen) atoms. The van der Waals surface area contributed by atoms with Crippen LogP contribution >= 0.6 is 11.6 Å². The predicted molar refractivity (Wildman–Crippen MR) is 128 cm³/mol. The van der Waals surface area contributed by atoms with Crippen molar-refractivity contribution in [1.82, 2.24) is 5.32 Å². The molecule has 0 aromatic heterocycles. The van der Waals surface area contributed by atoms with Gasteiger partial charge in [0.1, 0.15) is 0 Å². The molecule has 8 nitrogen and oxygen atoms in total. The zero-order chi connectivity index (χ0) is 25.3. The van der Waals surface area contributed by atoms with Crippen LogP contribution in [0.1, 0.15) is 41.3 Å². The summed E-state index contributed by atoms with van der Waals surface area (Å²) in [6.45, 7) is 3.47. The number of ketones is 1. The minimum absolute atomic E-state index is 0.153. The van der Waals surface area contributed by atoms with Crippen LogP contribution in [0.2, 0.25) is 5.02 Å². The van der Waals surface area contributed by atoms with Crippen molar-refractivity contribution in [2.45, 2.75) is 19.8 Å². The Hall–Kier alpha value is -3.78. The van der Waals surface area contributed by atoms with E-state index in [2.05, 4.69) is 10.1 Å². The maximum atomic E-state index is 13.5. The van der Waals surface area contributed by atoms with Crippen molar-refractivity contribution in [3.63, 3.8) is 0 Å². The molecule has 0 bridgehead atoms. The molecule has 0 spiro atoms. The fraction of sp³-hybridized carbons (Fsp3) is 0.269. The molecule has 1 aliphatic carbocycles. The number of carbonyl (C=O) groups is 3. The molecule has 0 unspecified atom stereocenters. The number of nitrogens with one attached hydrogen (secondary N) is 1. The number of halogens is 1. The van der Waals surface area contributed by atoms with Crippen molar-refractivity contribution < 1.29 is 33.3 Å². The first-order valence-electron chi connectivity index (χ1n) is 10.9. The maximum Gasteiger partial charge on any atom is 0.343 e. The van der Waals surface area contributed by atoms with Gasteiger partial charge >= 0.3 is 11.9 Å². The van der Waals surface area contributed by atoms with Crippen molar-refractivity contribution >= 4 is 35.0 Å². The number of dihydropyridines is 1. The minimum atomic E-state index is -0.773. The molecule has 0 saturated heterocycles. The lowest BCUT2D eigenvalue weighted by atomic mass is 9.79. The number of ether oxygens (including phenoxy) is 4. The molecular formula is C26H24ClNO7. The van der Waals surface area contributed by atoms with Crippen molar-refractivity contribution in [2.24, 2.45) is 0 Å². The highest BCUT2D eigenvalue weighted by Crippen LogP contribution is 2.49. The van der Waals surface area contributed by atoms with Gasteiger partial charge in [-0.2, -0.15) is 0 Å².